The highest BCUT2D eigenvalue weighted by atomic mass is 35.5. The largest absolute Gasteiger partial charge is 0.489 e. The number of rotatable bonds is 5. The third-order valence-electron chi connectivity index (χ3n) is 7.67. The second-order valence-corrected chi connectivity index (χ2v) is 11.1. The SMILES string of the molecule is CC1CC2CC(C)(C#N)CC(C1)N2C(=O)CC(C)c1c[nH]c2ccc(OC3CC3)c(Cl)c12. The lowest BCUT2D eigenvalue weighted by Gasteiger charge is -2.52. The average molecular weight is 454 g/mol. The van der Waals surface area contributed by atoms with Crippen molar-refractivity contribution < 1.29 is 9.53 Å². The summed E-state index contributed by atoms with van der Waals surface area (Å²) in [7, 11) is 0. The van der Waals surface area contributed by atoms with Crippen molar-refractivity contribution in [1.29, 1.82) is 5.26 Å². The van der Waals surface area contributed by atoms with E-state index in [-0.39, 0.29) is 35.4 Å². The van der Waals surface area contributed by atoms with Crippen LogP contribution in [-0.2, 0) is 4.79 Å². The van der Waals surface area contributed by atoms with Gasteiger partial charge in [0, 0.05) is 35.6 Å². The Morgan fingerprint density at radius 2 is 2.03 bits per heavy atom. The molecule has 1 saturated carbocycles. The fraction of sp³-hybridized carbons (Fsp3) is 0.615. The molecule has 2 aromatic rings. The number of piperidine rings is 2. The molecule has 3 atom stereocenters. The zero-order valence-corrected chi connectivity index (χ0v) is 19.9. The third kappa shape index (κ3) is 3.88. The summed E-state index contributed by atoms with van der Waals surface area (Å²) in [6.45, 7) is 6.43. The molecular weight excluding hydrogens is 422 g/mol. The summed E-state index contributed by atoms with van der Waals surface area (Å²) in [6, 6.07) is 6.82. The summed E-state index contributed by atoms with van der Waals surface area (Å²) in [5.41, 5.74) is 1.72. The van der Waals surface area contributed by atoms with Crippen molar-refractivity contribution in [2.45, 2.75) is 89.8 Å². The van der Waals surface area contributed by atoms with Crippen LogP contribution in [0.3, 0.4) is 0 Å². The topological polar surface area (TPSA) is 69.1 Å². The number of ether oxygens (including phenoxy) is 1. The molecule has 5 nitrogen and oxygen atoms in total. The number of fused-ring (bicyclic) bond motifs is 3. The number of carbonyl (C=O) groups is 1. The lowest BCUT2D eigenvalue weighted by Crippen LogP contribution is -2.58. The van der Waals surface area contributed by atoms with Crippen molar-refractivity contribution >= 4 is 28.4 Å². The molecule has 6 heteroatoms. The van der Waals surface area contributed by atoms with Crippen molar-refractivity contribution in [3.8, 4) is 11.8 Å². The maximum atomic E-state index is 13.5. The van der Waals surface area contributed by atoms with Gasteiger partial charge in [0.1, 0.15) is 5.75 Å². The molecule has 3 heterocycles. The Balaban J connectivity index is 1.37. The number of carbonyl (C=O) groups excluding carboxylic acids is 1. The first kappa shape index (κ1) is 21.6. The van der Waals surface area contributed by atoms with Crippen LogP contribution >= 0.6 is 11.6 Å². The van der Waals surface area contributed by atoms with Crippen molar-refractivity contribution in [2.75, 3.05) is 0 Å². The zero-order chi connectivity index (χ0) is 22.6. The molecule has 2 saturated heterocycles. The Bertz CT molecular complexity index is 1070. The van der Waals surface area contributed by atoms with Crippen LogP contribution in [0.15, 0.2) is 18.3 Å². The smallest absolute Gasteiger partial charge is 0.223 e. The molecule has 170 valence electrons. The van der Waals surface area contributed by atoms with E-state index in [9.17, 15) is 10.1 Å². The summed E-state index contributed by atoms with van der Waals surface area (Å²) in [4.78, 5) is 19.0. The first-order valence-electron chi connectivity index (χ1n) is 12.0. The molecular formula is C26H32ClN3O2. The van der Waals surface area contributed by atoms with Gasteiger partial charge in [0.15, 0.2) is 0 Å². The minimum absolute atomic E-state index is 0.0346. The van der Waals surface area contributed by atoms with Gasteiger partial charge in [0.2, 0.25) is 5.91 Å². The number of hydrogen-bond donors (Lipinski definition) is 1. The number of amides is 1. The molecule has 1 aliphatic carbocycles. The Morgan fingerprint density at radius 1 is 1.34 bits per heavy atom. The van der Waals surface area contributed by atoms with E-state index in [0.29, 0.717) is 17.4 Å². The summed E-state index contributed by atoms with van der Waals surface area (Å²) in [6.07, 6.45) is 8.44. The molecule has 1 N–H and O–H groups in total. The van der Waals surface area contributed by atoms with Crippen LogP contribution in [0.25, 0.3) is 10.9 Å². The van der Waals surface area contributed by atoms with Gasteiger partial charge in [-0.2, -0.15) is 5.26 Å². The van der Waals surface area contributed by atoms with E-state index in [1.165, 1.54) is 0 Å². The number of nitriles is 1. The molecule has 2 bridgehead atoms. The van der Waals surface area contributed by atoms with Crippen LogP contribution in [0.5, 0.6) is 5.75 Å². The first-order valence-corrected chi connectivity index (χ1v) is 12.3. The summed E-state index contributed by atoms with van der Waals surface area (Å²) in [5, 5.41) is 11.3. The second kappa shape index (κ2) is 7.99. The minimum atomic E-state index is -0.319. The molecule has 2 aliphatic heterocycles. The van der Waals surface area contributed by atoms with Crippen LogP contribution in [0.2, 0.25) is 5.02 Å². The minimum Gasteiger partial charge on any atom is -0.489 e. The summed E-state index contributed by atoms with van der Waals surface area (Å²) < 4.78 is 5.99. The van der Waals surface area contributed by atoms with E-state index in [0.717, 1.165) is 60.7 Å². The van der Waals surface area contributed by atoms with Gasteiger partial charge in [-0.05, 0) is 75.0 Å². The highest BCUT2D eigenvalue weighted by molar-refractivity contribution is 6.37. The number of benzene rings is 1. The predicted molar refractivity (Wildman–Crippen MR) is 126 cm³/mol. The number of halogens is 1. The molecule has 3 unspecified atom stereocenters. The van der Waals surface area contributed by atoms with Crippen LogP contribution in [0.4, 0.5) is 0 Å². The Hall–Kier alpha value is -2.19. The summed E-state index contributed by atoms with van der Waals surface area (Å²) in [5.74, 6) is 1.58. The fourth-order valence-electron chi connectivity index (χ4n) is 6.05. The molecule has 0 radical (unpaired) electrons. The molecule has 3 fully saturated rings. The standard InChI is InChI=1S/C26H32ClN3O2/c1-15-8-17-11-26(3,14-28)12-18(9-15)30(17)23(31)10-16(2)20-13-29-21-6-7-22(25(27)24(20)21)32-19-4-5-19/h6-7,13,15-19,29H,4-5,8-12H2,1-3H3. The van der Waals surface area contributed by atoms with E-state index in [2.05, 4.69) is 36.7 Å². The number of H-pyrrole nitrogens is 1. The lowest BCUT2D eigenvalue weighted by molar-refractivity contribution is -0.145. The fourth-order valence-corrected chi connectivity index (χ4v) is 6.36. The highest BCUT2D eigenvalue weighted by Crippen LogP contribution is 2.46. The molecule has 5 rings (SSSR count). The molecule has 1 amide bonds. The average Bonchev–Trinajstić information content (AvgIpc) is 3.44. The quantitative estimate of drug-likeness (QED) is 0.588. The first-order chi connectivity index (χ1) is 15.3. The molecule has 3 aliphatic rings. The molecule has 0 spiro atoms. The van der Waals surface area contributed by atoms with Crippen molar-refractivity contribution in [1.82, 2.24) is 9.88 Å². The van der Waals surface area contributed by atoms with Gasteiger partial charge in [-0.15, -0.1) is 0 Å². The van der Waals surface area contributed by atoms with Crippen LogP contribution in [0, 0.1) is 22.7 Å². The maximum absolute atomic E-state index is 13.5. The van der Waals surface area contributed by atoms with Gasteiger partial charge in [0.05, 0.1) is 22.6 Å². The third-order valence-corrected chi connectivity index (χ3v) is 8.05. The number of nitrogens with zero attached hydrogens (tertiary/aromatic N) is 2. The zero-order valence-electron chi connectivity index (χ0n) is 19.2. The van der Waals surface area contributed by atoms with E-state index in [1.54, 1.807) is 0 Å². The number of aromatic amines is 1. The monoisotopic (exact) mass is 453 g/mol. The number of nitrogens with one attached hydrogen (secondary N) is 1. The maximum Gasteiger partial charge on any atom is 0.223 e. The van der Waals surface area contributed by atoms with Crippen LogP contribution in [0.1, 0.15) is 77.2 Å². The van der Waals surface area contributed by atoms with Crippen molar-refractivity contribution in [3.05, 3.63) is 28.9 Å². The normalized spacial score (nSPS) is 30.7. The van der Waals surface area contributed by atoms with E-state index in [1.807, 2.05) is 18.3 Å². The number of aromatic nitrogens is 1. The van der Waals surface area contributed by atoms with Gasteiger partial charge >= 0.3 is 0 Å². The van der Waals surface area contributed by atoms with Crippen molar-refractivity contribution in [3.63, 3.8) is 0 Å². The van der Waals surface area contributed by atoms with E-state index < -0.39 is 0 Å². The van der Waals surface area contributed by atoms with Gasteiger partial charge in [-0.1, -0.05) is 25.4 Å². The van der Waals surface area contributed by atoms with E-state index in [4.69, 9.17) is 16.3 Å². The van der Waals surface area contributed by atoms with Crippen LogP contribution in [-0.4, -0.2) is 34.0 Å². The molecule has 32 heavy (non-hydrogen) atoms. The van der Waals surface area contributed by atoms with Gasteiger partial charge in [-0.3, -0.25) is 4.79 Å². The van der Waals surface area contributed by atoms with Crippen molar-refractivity contribution in [2.24, 2.45) is 11.3 Å². The highest BCUT2D eigenvalue weighted by Gasteiger charge is 2.47. The van der Waals surface area contributed by atoms with Gasteiger partial charge < -0.3 is 14.6 Å². The van der Waals surface area contributed by atoms with Gasteiger partial charge in [-0.25, -0.2) is 0 Å². The Morgan fingerprint density at radius 3 is 2.66 bits per heavy atom. The van der Waals surface area contributed by atoms with Gasteiger partial charge in [0.25, 0.3) is 0 Å². The van der Waals surface area contributed by atoms with Crippen LogP contribution < -0.4 is 4.74 Å². The number of hydrogen-bond acceptors (Lipinski definition) is 3. The Labute approximate surface area is 195 Å². The Kier molecular flexibility index (Phi) is 5.40. The van der Waals surface area contributed by atoms with E-state index >= 15 is 0 Å². The predicted octanol–water partition coefficient (Wildman–Crippen LogP) is 6.18. The molecule has 1 aromatic heterocycles. The molecule has 1 aromatic carbocycles. The summed E-state index contributed by atoms with van der Waals surface area (Å²) >= 11 is 6.76. The lowest BCUT2D eigenvalue weighted by atomic mass is 9.67. The second-order valence-electron chi connectivity index (χ2n) is 10.7.